The maximum atomic E-state index is 13.1. The number of ether oxygens (including phenoxy) is 2. The Bertz CT molecular complexity index is 1370. The van der Waals surface area contributed by atoms with Crippen LogP contribution in [0, 0.1) is 11.3 Å². The zero-order valence-electron chi connectivity index (χ0n) is 22.6. The number of hydrogen-bond donors (Lipinski definition) is 1. The van der Waals surface area contributed by atoms with Crippen LogP contribution in [-0.2, 0) is 22.4 Å². The summed E-state index contributed by atoms with van der Waals surface area (Å²) < 4.78 is 12.3. The minimum absolute atomic E-state index is 0.154. The van der Waals surface area contributed by atoms with Crippen LogP contribution in [0.1, 0.15) is 79.4 Å². The summed E-state index contributed by atoms with van der Waals surface area (Å²) >= 11 is 8.27. The molecular formula is C30H33N3O4S3. The van der Waals surface area contributed by atoms with Crippen molar-refractivity contribution in [2.75, 3.05) is 19.0 Å². The van der Waals surface area contributed by atoms with Gasteiger partial charge in [0.05, 0.1) is 23.7 Å². The molecule has 0 spiro atoms. The van der Waals surface area contributed by atoms with Crippen molar-refractivity contribution in [2.24, 2.45) is 0 Å². The van der Waals surface area contributed by atoms with Gasteiger partial charge in [-0.1, -0.05) is 36.5 Å². The first-order chi connectivity index (χ1) is 19.5. The van der Waals surface area contributed by atoms with E-state index in [0.29, 0.717) is 38.5 Å². The highest BCUT2D eigenvalue weighted by molar-refractivity contribution is 8.26. The molecule has 2 amide bonds. The van der Waals surface area contributed by atoms with Gasteiger partial charge >= 0.3 is 0 Å². The number of benzene rings is 1. The van der Waals surface area contributed by atoms with Crippen molar-refractivity contribution in [1.82, 2.24) is 4.90 Å². The van der Waals surface area contributed by atoms with Crippen LogP contribution in [0.3, 0.4) is 0 Å². The van der Waals surface area contributed by atoms with Gasteiger partial charge in [-0.25, -0.2) is 0 Å². The molecule has 1 aliphatic heterocycles. The minimum Gasteiger partial charge on any atom is -0.493 e. The van der Waals surface area contributed by atoms with Gasteiger partial charge in [0.15, 0.2) is 11.5 Å². The Morgan fingerprint density at radius 2 is 2.00 bits per heavy atom. The molecule has 0 unspecified atom stereocenters. The van der Waals surface area contributed by atoms with Crippen molar-refractivity contribution in [3.8, 4) is 17.6 Å². The predicted molar refractivity (Wildman–Crippen MR) is 164 cm³/mol. The fourth-order valence-electron chi connectivity index (χ4n) is 5.44. The molecule has 0 bridgehead atoms. The molecule has 7 nitrogen and oxygen atoms in total. The molecule has 1 aromatic heterocycles. The first-order valence-corrected chi connectivity index (χ1v) is 16.0. The average molecular weight is 596 g/mol. The lowest BCUT2D eigenvalue weighted by atomic mass is 9.96. The Hall–Kier alpha value is -2.87. The topological polar surface area (TPSA) is 91.7 Å². The first-order valence-electron chi connectivity index (χ1n) is 13.9. The van der Waals surface area contributed by atoms with Gasteiger partial charge in [-0.15, -0.1) is 11.3 Å². The van der Waals surface area contributed by atoms with Crippen molar-refractivity contribution < 1.29 is 19.1 Å². The molecule has 40 heavy (non-hydrogen) atoms. The lowest BCUT2D eigenvalue weighted by Gasteiger charge is -2.24. The van der Waals surface area contributed by atoms with Crippen LogP contribution in [0.25, 0.3) is 6.08 Å². The van der Waals surface area contributed by atoms with Crippen molar-refractivity contribution in [2.45, 2.75) is 76.7 Å². The Morgan fingerprint density at radius 3 is 2.77 bits per heavy atom. The lowest BCUT2D eigenvalue weighted by Crippen LogP contribution is -2.29. The summed E-state index contributed by atoms with van der Waals surface area (Å²) in [5.74, 6) is 1.06. The molecule has 210 valence electrons. The Morgan fingerprint density at radius 1 is 1.20 bits per heavy atom. The maximum Gasteiger partial charge on any atom is 0.266 e. The largest absolute Gasteiger partial charge is 0.493 e. The number of nitriles is 1. The first kappa shape index (κ1) is 28.7. The van der Waals surface area contributed by atoms with E-state index >= 15 is 0 Å². The summed E-state index contributed by atoms with van der Waals surface area (Å²) in [5.41, 5.74) is 2.54. The van der Waals surface area contributed by atoms with Crippen LogP contribution < -0.4 is 14.8 Å². The van der Waals surface area contributed by atoms with Crippen LogP contribution in [0.15, 0.2) is 23.1 Å². The number of carbonyl (C=O) groups excluding carboxylic acids is 2. The molecule has 2 fully saturated rings. The van der Waals surface area contributed by atoms with E-state index in [1.165, 1.54) is 47.2 Å². The molecule has 2 aromatic rings. The number of thiophene rings is 1. The molecule has 1 saturated carbocycles. The second-order valence-corrected chi connectivity index (χ2v) is 13.1. The third kappa shape index (κ3) is 6.54. The van der Waals surface area contributed by atoms with E-state index in [2.05, 4.69) is 11.4 Å². The molecule has 1 N–H and O–H groups in total. The third-order valence-electron chi connectivity index (χ3n) is 7.53. The molecule has 1 saturated heterocycles. The third-order valence-corrected chi connectivity index (χ3v) is 10.1. The van der Waals surface area contributed by atoms with Crippen LogP contribution in [0.5, 0.6) is 11.5 Å². The minimum atomic E-state index is -0.158. The number of nitrogens with zero attached hydrogens (tertiary/aromatic N) is 2. The Balaban J connectivity index is 1.16. The number of hydrogen-bond acceptors (Lipinski definition) is 8. The van der Waals surface area contributed by atoms with Gasteiger partial charge in [0.25, 0.3) is 5.91 Å². The highest BCUT2D eigenvalue weighted by Crippen LogP contribution is 2.38. The van der Waals surface area contributed by atoms with E-state index in [1.54, 1.807) is 12.0 Å². The average Bonchev–Trinajstić information content (AvgIpc) is 3.45. The smallest absolute Gasteiger partial charge is 0.266 e. The van der Waals surface area contributed by atoms with E-state index in [0.717, 1.165) is 55.4 Å². The second kappa shape index (κ2) is 13.2. The summed E-state index contributed by atoms with van der Waals surface area (Å²) in [4.78, 5) is 29.1. The number of aryl methyl sites for hydroxylation is 1. The number of thioether (sulfide) groups is 1. The molecule has 2 heterocycles. The van der Waals surface area contributed by atoms with Crippen LogP contribution in [-0.4, -0.2) is 40.8 Å². The molecule has 3 aliphatic rings. The zero-order valence-corrected chi connectivity index (χ0v) is 25.1. The van der Waals surface area contributed by atoms with E-state index in [1.807, 2.05) is 24.3 Å². The molecule has 0 atom stereocenters. The van der Waals surface area contributed by atoms with Gasteiger partial charge < -0.3 is 14.8 Å². The lowest BCUT2D eigenvalue weighted by molar-refractivity contribution is -0.122. The number of thiocarbonyl (C=S) groups is 1. The highest BCUT2D eigenvalue weighted by atomic mass is 32.2. The highest BCUT2D eigenvalue weighted by Gasteiger charge is 2.32. The van der Waals surface area contributed by atoms with Crippen molar-refractivity contribution in [3.63, 3.8) is 0 Å². The van der Waals surface area contributed by atoms with Crippen molar-refractivity contribution in [1.29, 1.82) is 5.26 Å². The van der Waals surface area contributed by atoms with E-state index < -0.39 is 0 Å². The monoisotopic (exact) mass is 595 g/mol. The van der Waals surface area contributed by atoms with E-state index in [-0.39, 0.29) is 24.3 Å². The van der Waals surface area contributed by atoms with Gasteiger partial charge in [-0.3, -0.25) is 14.5 Å². The fraction of sp³-hybridized carbons (Fsp3) is 0.467. The van der Waals surface area contributed by atoms with Gasteiger partial charge in [-0.2, -0.15) is 5.26 Å². The second-order valence-electron chi connectivity index (χ2n) is 10.3. The van der Waals surface area contributed by atoms with Crippen LogP contribution in [0.4, 0.5) is 5.00 Å². The molecule has 10 heteroatoms. The number of methoxy groups -OCH3 is 1. The van der Waals surface area contributed by atoms with Gasteiger partial charge in [0, 0.05) is 17.8 Å². The maximum absolute atomic E-state index is 13.1. The molecular weight excluding hydrogens is 563 g/mol. The number of nitrogens with one attached hydrogen (secondary N) is 1. The van der Waals surface area contributed by atoms with E-state index in [9.17, 15) is 14.9 Å². The summed E-state index contributed by atoms with van der Waals surface area (Å²) in [6, 6.07) is 7.99. The number of fused-ring (bicyclic) bond motifs is 1. The van der Waals surface area contributed by atoms with Crippen molar-refractivity contribution >= 4 is 62.5 Å². The molecule has 0 radical (unpaired) electrons. The van der Waals surface area contributed by atoms with Crippen LogP contribution in [0.2, 0.25) is 0 Å². The van der Waals surface area contributed by atoms with Gasteiger partial charge in [0.2, 0.25) is 5.91 Å². The normalized spacial score (nSPS) is 18.5. The van der Waals surface area contributed by atoms with E-state index in [4.69, 9.17) is 21.7 Å². The molecule has 1 aromatic carbocycles. The Kier molecular flexibility index (Phi) is 9.45. The Labute approximate surface area is 248 Å². The number of anilines is 1. The standard InChI is InChI=1S/C30H33N3O4S3/c1-36-24-16-19(13-14-23(24)37-20-8-3-2-4-9-20)17-26-29(35)33(30(38)40-26)15-7-12-27(34)32-28-22(18-31)21-10-5-6-11-25(21)39-28/h13-14,16-17,20H,2-12,15H2,1H3,(H,32,34)/b26-17-. The summed E-state index contributed by atoms with van der Waals surface area (Å²) in [6.45, 7) is 0.360. The quantitative estimate of drug-likeness (QED) is 0.251. The van der Waals surface area contributed by atoms with Gasteiger partial charge in [-0.05, 0) is 87.1 Å². The zero-order chi connectivity index (χ0) is 28.1. The number of amides is 2. The fourth-order valence-corrected chi connectivity index (χ4v) is 8.00. The number of rotatable bonds is 9. The molecule has 2 aliphatic carbocycles. The predicted octanol–water partition coefficient (Wildman–Crippen LogP) is 6.84. The molecule has 5 rings (SSSR count). The summed E-state index contributed by atoms with van der Waals surface area (Å²) in [5, 5.41) is 13.2. The SMILES string of the molecule is COc1cc(/C=C2\SC(=S)N(CCCC(=O)Nc3sc4c(c3C#N)CCCC4)C2=O)ccc1OC1CCCCC1. The summed E-state index contributed by atoms with van der Waals surface area (Å²) in [6.07, 6.45) is 12.6. The van der Waals surface area contributed by atoms with Gasteiger partial charge in [0.1, 0.15) is 15.4 Å². The number of carbonyl (C=O) groups is 2. The van der Waals surface area contributed by atoms with Crippen molar-refractivity contribution in [3.05, 3.63) is 44.7 Å². The van der Waals surface area contributed by atoms with Crippen LogP contribution >= 0.6 is 35.3 Å². The summed E-state index contributed by atoms with van der Waals surface area (Å²) in [7, 11) is 1.62.